The molecule has 9 heteroatoms. The molecule has 1 aliphatic heterocycles. The Bertz CT molecular complexity index is 1370. The van der Waals surface area contributed by atoms with Gasteiger partial charge in [-0.2, -0.15) is 5.10 Å². The van der Waals surface area contributed by atoms with E-state index in [9.17, 15) is 14.0 Å². The molecule has 2 aromatic heterocycles. The van der Waals surface area contributed by atoms with Gasteiger partial charge in [0, 0.05) is 48.6 Å². The number of rotatable bonds is 6. The number of hydrogen-bond donors (Lipinski definition) is 2. The number of amides is 2. The fraction of sp³-hybridized carbons (Fsp3) is 0.419. The highest BCUT2D eigenvalue weighted by atomic mass is 19.1. The largest absolute Gasteiger partial charge is 0.444 e. The Hall–Kier alpha value is -4.19. The van der Waals surface area contributed by atoms with Gasteiger partial charge >= 0.3 is 6.09 Å². The van der Waals surface area contributed by atoms with Gasteiger partial charge in [-0.25, -0.2) is 9.18 Å². The van der Waals surface area contributed by atoms with E-state index >= 15 is 0 Å². The lowest BCUT2D eigenvalue weighted by Gasteiger charge is -2.38. The van der Waals surface area contributed by atoms with Crippen LogP contribution in [0.2, 0.25) is 0 Å². The number of H-pyrrole nitrogens is 1. The quantitative estimate of drug-likeness (QED) is 0.327. The lowest BCUT2D eigenvalue weighted by atomic mass is 9.86. The smallest absolute Gasteiger partial charge is 0.410 e. The molecule has 4 rings (SSSR count). The highest BCUT2D eigenvalue weighted by Gasteiger charge is 2.33. The van der Waals surface area contributed by atoms with Crippen molar-refractivity contribution in [3.8, 4) is 11.8 Å². The Morgan fingerprint density at radius 3 is 2.65 bits per heavy atom. The van der Waals surface area contributed by atoms with E-state index in [4.69, 9.17) is 9.72 Å². The zero-order valence-corrected chi connectivity index (χ0v) is 23.5. The van der Waals surface area contributed by atoms with Crippen molar-refractivity contribution in [3.63, 3.8) is 0 Å². The first-order valence-corrected chi connectivity index (χ1v) is 13.6. The van der Waals surface area contributed by atoms with E-state index in [0.29, 0.717) is 42.6 Å². The molecular formula is C31H36FN5O3. The molecule has 210 valence electrons. The third kappa shape index (κ3) is 7.92. The first kappa shape index (κ1) is 28.8. The molecule has 2 unspecified atom stereocenters. The highest BCUT2D eigenvalue weighted by molar-refractivity contribution is 5.94. The van der Waals surface area contributed by atoms with Crippen LogP contribution in [0.1, 0.15) is 85.6 Å². The third-order valence-electron chi connectivity index (χ3n) is 6.74. The Balaban J connectivity index is 1.51. The van der Waals surface area contributed by atoms with Crippen molar-refractivity contribution in [1.82, 2.24) is 25.4 Å². The van der Waals surface area contributed by atoms with E-state index in [1.165, 1.54) is 12.1 Å². The number of carbonyl (C=O) groups is 2. The first-order chi connectivity index (χ1) is 19.1. The molecule has 8 nitrogen and oxygen atoms in total. The number of aromatic amines is 1. The lowest BCUT2D eigenvalue weighted by molar-refractivity contribution is 0.0102. The summed E-state index contributed by atoms with van der Waals surface area (Å²) in [5.74, 6) is 5.77. The molecule has 40 heavy (non-hydrogen) atoms. The number of ether oxygens (including phenoxy) is 1. The minimum Gasteiger partial charge on any atom is -0.444 e. The Morgan fingerprint density at radius 2 is 1.98 bits per heavy atom. The minimum absolute atomic E-state index is 0.0495. The predicted octanol–water partition coefficient (Wildman–Crippen LogP) is 5.21. The molecule has 0 radical (unpaired) electrons. The predicted molar refractivity (Wildman–Crippen MR) is 150 cm³/mol. The van der Waals surface area contributed by atoms with E-state index in [-0.39, 0.29) is 29.8 Å². The summed E-state index contributed by atoms with van der Waals surface area (Å²) in [6.07, 6.45) is 7.87. The number of aryl methyl sites for hydroxylation is 1. The second kappa shape index (κ2) is 12.8. The molecule has 2 amide bonds. The lowest BCUT2D eigenvalue weighted by Crippen LogP contribution is -2.46. The Kier molecular flexibility index (Phi) is 9.20. The highest BCUT2D eigenvalue weighted by Crippen LogP contribution is 2.33. The van der Waals surface area contributed by atoms with E-state index in [0.717, 1.165) is 24.1 Å². The maximum atomic E-state index is 13.4. The van der Waals surface area contributed by atoms with Crippen LogP contribution in [0, 0.1) is 17.7 Å². The minimum atomic E-state index is -0.562. The average molecular weight is 546 g/mol. The van der Waals surface area contributed by atoms with Gasteiger partial charge in [-0.1, -0.05) is 11.8 Å². The number of pyridine rings is 1. The molecule has 1 fully saturated rings. The fourth-order valence-corrected chi connectivity index (χ4v) is 4.72. The number of aromatic nitrogens is 3. The third-order valence-corrected chi connectivity index (χ3v) is 6.74. The van der Waals surface area contributed by atoms with E-state index in [1.807, 2.05) is 33.9 Å². The maximum Gasteiger partial charge on any atom is 0.410 e. The van der Waals surface area contributed by atoms with Crippen molar-refractivity contribution in [2.45, 2.75) is 70.9 Å². The van der Waals surface area contributed by atoms with E-state index in [2.05, 4.69) is 27.4 Å². The van der Waals surface area contributed by atoms with Crippen LogP contribution >= 0.6 is 0 Å². The van der Waals surface area contributed by atoms with Gasteiger partial charge < -0.3 is 15.0 Å². The summed E-state index contributed by atoms with van der Waals surface area (Å²) in [7, 11) is 0. The molecule has 2 atom stereocenters. The summed E-state index contributed by atoms with van der Waals surface area (Å²) >= 11 is 0. The maximum absolute atomic E-state index is 13.4. The van der Waals surface area contributed by atoms with Crippen LogP contribution in [0.4, 0.5) is 9.18 Å². The standard InChI is InChI=1S/C31H36FN5O3/c1-21-16-25(13-15-37(21)30(39)40-31(2,3)4)28-24(10-7-22-8-11-27(32)12-9-22)17-26(20-34-28)29(38)33-14-5-6-23-18-35-36-19-23/h8-9,11-12,17-21,25H,5-6,13-16H2,1-4H3,(H,33,38)(H,35,36). The second-order valence-electron chi connectivity index (χ2n) is 11.1. The van der Waals surface area contributed by atoms with Crippen molar-refractivity contribution < 1.29 is 18.7 Å². The number of carbonyl (C=O) groups excluding carboxylic acids is 2. The van der Waals surface area contributed by atoms with Crippen LogP contribution in [-0.4, -0.2) is 56.8 Å². The van der Waals surface area contributed by atoms with E-state index < -0.39 is 5.60 Å². The summed E-state index contributed by atoms with van der Waals surface area (Å²) in [5, 5.41) is 9.68. The van der Waals surface area contributed by atoms with Crippen LogP contribution in [0.3, 0.4) is 0 Å². The number of nitrogens with one attached hydrogen (secondary N) is 2. The number of nitrogens with zero attached hydrogens (tertiary/aromatic N) is 3. The van der Waals surface area contributed by atoms with Gasteiger partial charge in [-0.05, 0) is 89.3 Å². The van der Waals surface area contributed by atoms with Crippen LogP contribution in [0.25, 0.3) is 0 Å². The number of benzene rings is 1. The van der Waals surface area contributed by atoms with Crippen LogP contribution in [0.5, 0.6) is 0 Å². The van der Waals surface area contributed by atoms with Gasteiger partial charge in [0.25, 0.3) is 5.91 Å². The number of halogens is 1. The van der Waals surface area contributed by atoms with Gasteiger partial charge in [-0.3, -0.25) is 14.9 Å². The van der Waals surface area contributed by atoms with Crippen molar-refractivity contribution in [2.24, 2.45) is 0 Å². The molecule has 0 spiro atoms. The van der Waals surface area contributed by atoms with Crippen molar-refractivity contribution in [2.75, 3.05) is 13.1 Å². The molecule has 3 heterocycles. The summed E-state index contributed by atoms with van der Waals surface area (Å²) in [6.45, 7) is 8.63. The Labute approximate surface area is 234 Å². The topological polar surface area (TPSA) is 100 Å². The second-order valence-corrected chi connectivity index (χ2v) is 11.1. The molecule has 1 aliphatic rings. The van der Waals surface area contributed by atoms with Crippen LogP contribution in [0.15, 0.2) is 48.9 Å². The van der Waals surface area contributed by atoms with Gasteiger partial charge in [-0.15, -0.1) is 0 Å². The van der Waals surface area contributed by atoms with Gasteiger partial charge in [0.15, 0.2) is 0 Å². The molecule has 1 aromatic carbocycles. The molecule has 0 aliphatic carbocycles. The van der Waals surface area contributed by atoms with Gasteiger partial charge in [0.1, 0.15) is 11.4 Å². The molecule has 0 bridgehead atoms. The molecule has 3 aromatic rings. The Morgan fingerprint density at radius 1 is 1.20 bits per heavy atom. The number of piperidine rings is 1. The SMILES string of the molecule is CC1CC(c2ncc(C(=O)NCCCc3cn[nH]c3)cc2C#Cc2ccc(F)cc2)CCN1C(=O)OC(C)(C)C. The number of likely N-dealkylation sites (tertiary alicyclic amines) is 1. The fourth-order valence-electron chi connectivity index (χ4n) is 4.72. The van der Waals surface area contributed by atoms with Gasteiger partial charge in [0.05, 0.1) is 17.5 Å². The normalized spacial score (nSPS) is 17.1. The van der Waals surface area contributed by atoms with Crippen molar-refractivity contribution in [1.29, 1.82) is 0 Å². The van der Waals surface area contributed by atoms with E-state index in [1.54, 1.807) is 35.5 Å². The first-order valence-electron chi connectivity index (χ1n) is 13.6. The molecule has 0 saturated carbocycles. The van der Waals surface area contributed by atoms with Crippen LogP contribution in [-0.2, 0) is 11.2 Å². The van der Waals surface area contributed by atoms with Crippen molar-refractivity contribution >= 4 is 12.0 Å². The monoisotopic (exact) mass is 545 g/mol. The summed E-state index contributed by atoms with van der Waals surface area (Å²) in [6, 6.07) is 7.69. The summed E-state index contributed by atoms with van der Waals surface area (Å²) in [5.41, 5.74) is 3.06. The molecule has 2 N–H and O–H groups in total. The molecular weight excluding hydrogens is 509 g/mol. The van der Waals surface area contributed by atoms with Crippen LogP contribution < -0.4 is 5.32 Å². The zero-order valence-electron chi connectivity index (χ0n) is 23.5. The number of hydrogen-bond acceptors (Lipinski definition) is 5. The average Bonchev–Trinajstić information content (AvgIpc) is 3.43. The van der Waals surface area contributed by atoms with Crippen molar-refractivity contribution in [3.05, 3.63) is 82.7 Å². The van der Waals surface area contributed by atoms with Gasteiger partial charge in [0.2, 0.25) is 0 Å². The summed E-state index contributed by atoms with van der Waals surface area (Å²) in [4.78, 5) is 32.1. The zero-order chi connectivity index (χ0) is 28.7. The summed E-state index contributed by atoms with van der Waals surface area (Å²) < 4.78 is 19.0. The molecule has 1 saturated heterocycles.